The standard InChI is InChI=1S/C21H22FNO4/c1-3-26-19-10-7-17(8-11-19)14-23(2)20(24)15-27-21(25)12-9-16-5-4-6-18(22)13-16/h4-13H,3,14-15H2,1-2H3/b12-9+. The van der Waals surface area contributed by atoms with Gasteiger partial charge in [-0.2, -0.15) is 0 Å². The first kappa shape index (κ1) is 20.2. The molecule has 0 saturated heterocycles. The summed E-state index contributed by atoms with van der Waals surface area (Å²) in [7, 11) is 1.63. The lowest BCUT2D eigenvalue weighted by Crippen LogP contribution is -2.30. The number of carbonyl (C=O) groups excluding carboxylic acids is 2. The van der Waals surface area contributed by atoms with Crippen molar-refractivity contribution in [3.8, 4) is 5.75 Å². The first-order chi connectivity index (χ1) is 13.0. The van der Waals surface area contributed by atoms with Gasteiger partial charge in [0.25, 0.3) is 5.91 Å². The molecule has 0 saturated carbocycles. The molecule has 5 nitrogen and oxygen atoms in total. The summed E-state index contributed by atoms with van der Waals surface area (Å²) in [6.07, 6.45) is 2.59. The fourth-order valence-corrected chi connectivity index (χ4v) is 2.29. The van der Waals surface area contributed by atoms with E-state index in [2.05, 4.69) is 0 Å². The molecule has 2 rings (SSSR count). The molecule has 0 fully saturated rings. The Morgan fingerprint density at radius 3 is 2.56 bits per heavy atom. The molecular weight excluding hydrogens is 349 g/mol. The van der Waals surface area contributed by atoms with Crippen molar-refractivity contribution in [2.75, 3.05) is 20.3 Å². The predicted molar refractivity (Wildman–Crippen MR) is 100 cm³/mol. The second kappa shape index (κ2) is 10.1. The number of likely N-dealkylation sites (N-methyl/N-ethyl adjacent to an activating group) is 1. The molecule has 0 bridgehead atoms. The molecule has 0 spiro atoms. The Morgan fingerprint density at radius 2 is 1.89 bits per heavy atom. The minimum absolute atomic E-state index is 0.323. The van der Waals surface area contributed by atoms with E-state index in [0.717, 1.165) is 17.4 Å². The van der Waals surface area contributed by atoms with Crippen LogP contribution in [0, 0.1) is 5.82 Å². The average Bonchev–Trinajstić information content (AvgIpc) is 2.66. The zero-order valence-corrected chi connectivity index (χ0v) is 15.4. The number of ether oxygens (including phenoxy) is 2. The van der Waals surface area contributed by atoms with Crippen LogP contribution in [0.4, 0.5) is 4.39 Å². The summed E-state index contributed by atoms with van der Waals surface area (Å²) in [5.74, 6) is -0.607. The molecule has 0 heterocycles. The summed E-state index contributed by atoms with van der Waals surface area (Å²) >= 11 is 0. The van der Waals surface area contributed by atoms with Gasteiger partial charge in [0.15, 0.2) is 6.61 Å². The van der Waals surface area contributed by atoms with Crippen molar-refractivity contribution in [1.29, 1.82) is 0 Å². The van der Waals surface area contributed by atoms with Crippen molar-refractivity contribution in [3.63, 3.8) is 0 Å². The van der Waals surface area contributed by atoms with Crippen LogP contribution in [-0.2, 0) is 20.9 Å². The minimum Gasteiger partial charge on any atom is -0.494 e. The van der Waals surface area contributed by atoms with Crippen molar-refractivity contribution < 1.29 is 23.5 Å². The van der Waals surface area contributed by atoms with Crippen molar-refractivity contribution >= 4 is 18.0 Å². The fourth-order valence-electron chi connectivity index (χ4n) is 2.29. The number of carbonyl (C=O) groups is 2. The average molecular weight is 371 g/mol. The number of nitrogens with zero attached hydrogens (tertiary/aromatic N) is 1. The third-order valence-corrected chi connectivity index (χ3v) is 3.68. The molecule has 0 radical (unpaired) electrons. The highest BCUT2D eigenvalue weighted by atomic mass is 19.1. The van der Waals surface area contributed by atoms with Crippen LogP contribution in [0.15, 0.2) is 54.6 Å². The minimum atomic E-state index is -0.665. The third-order valence-electron chi connectivity index (χ3n) is 3.68. The van der Waals surface area contributed by atoms with Crippen molar-refractivity contribution in [2.45, 2.75) is 13.5 Å². The molecule has 0 aliphatic heterocycles. The van der Waals surface area contributed by atoms with Crippen LogP contribution in [0.2, 0.25) is 0 Å². The van der Waals surface area contributed by atoms with Gasteiger partial charge < -0.3 is 14.4 Å². The lowest BCUT2D eigenvalue weighted by atomic mass is 10.2. The molecule has 0 N–H and O–H groups in total. The molecule has 2 aromatic carbocycles. The van der Waals surface area contributed by atoms with Crippen LogP contribution < -0.4 is 4.74 Å². The zero-order valence-electron chi connectivity index (χ0n) is 15.4. The topological polar surface area (TPSA) is 55.8 Å². The summed E-state index contributed by atoms with van der Waals surface area (Å²) in [5.41, 5.74) is 1.47. The quantitative estimate of drug-likeness (QED) is 0.527. The Morgan fingerprint density at radius 1 is 1.15 bits per heavy atom. The second-order valence-electron chi connectivity index (χ2n) is 5.82. The van der Waals surface area contributed by atoms with Crippen molar-refractivity contribution in [3.05, 3.63) is 71.6 Å². The number of esters is 1. The van der Waals surface area contributed by atoms with Crippen LogP contribution in [0.1, 0.15) is 18.1 Å². The normalized spacial score (nSPS) is 10.6. The molecule has 0 aliphatic rings. The highest BCUT2D eigenvalue weighted by Crippen LogP contribution is 2.13. The van der Waals surface area contributed by atoms with Gasteiger partial charge in [0.05, 0.1) is 6.61 Å². The lowest BCUT2D eigenvalue weighted by Gasteiger charge is -2.17. The van der Waals surface area contributed by atoms with Gasteiger partial charge in [0.1, 0.15) is 11.6 Å². The number of halogens is 1. The van der Waals surface area contributed by atoms with E-state index in [1.165, 1.54) is 23.1 Å². The van der Waals surface area contributed by atoms with Gasteiger partial charge in [-0.1, -0.05) is 24.3 Å². The summed E-state index contributed by atoms with van der Waals surface area (Å²) in [5, 5.41) is 0. The third kappa shape index (κ3) is 6.93. The molecule has 2 aromatic rings. The summed E-state index contributed by atoms with van der Waals surface area (Å²) in [6.45, 7) is 2.54. The van der Waals surface area contributed by atoms with E-state index in [0.29, 0.717) is 18.7 Å². The Balaban J connectivity index is 1.79. The SMILES string of the molecule is CCOc1ccc(CN(C)C(=O)COC(=O)/C=C/c2cccc(F)c2)cc1. The fraction of sp³-hybridized carbons (Fsp3) is 0.238. The van der Waals surface area contributed by atoms with Crippen LogP contribution in [-0.4, -0.2) is 37.0 Å². The van der Waals surface area contributed by atoms with E-state index in [9.17, 15) is 14.0 Å². The first-order valence-electron chi connectivity index (χ1n) is 8.54. The highest BCUT2D eigenvalue weighted by Gasteiger charge is 2.11. The molecule has 0 atom stereocenters. The van der Waals surface area contributed by atoms with E-state index in [4.69, 9.17) is 9.47 Å². The van der Waals surface area contributed by atoms with Crippen LogP contribution in [0.25, 0.3) is 6.08 Å². The van der Waals surface area contributed by atoms with Gasteiger partial charge in [-0.3, -0.25) is 4.79 Å². The second-order valence-corrected chi connectivity index (χ2v) is 5.82. The maximum absolute atomic E-state index is 13.1. The van der Waals surface area contributed by atoms with E-state index >= 15 is 0 Å². The molecular formula is C21H22FNO4. The molecule has 1 amide bonds. The maximum atomic E-state index is 13.1. The van der Waals surface area contributed by atoms with Gasteiger partial charge in [-0.25, -0.2) is 9.18 Å². The Kier molecular flexibility index (Phi) is 7.55. The smallest absolute Gasteiger partial charge is 0.331 e. The molecule has 142 valence electrons. The number of benzene rings is 2. The van der Waals surface area contributed by atoms with E-state index in [1.807, 2.05) is 31.2 Å². The van der Waals surface area contributed by atoms with Gasteiger partial charge in [0.2, 0.25) is 0 Å². The summed E-state index contributed by atoms with van der Waals surface area (Å²) < 4.78 is 23.4. The number of hydrogen-bond acceptors (Lipinski definition) is 4. The number of amides is 1. The van der Waals surface area contributed by atoms with Crippen LogP contribution in [0.3, 0.4) is 0 Å². The van der Waals surface area contributed by atoms with Crippen molar-refractivity contribution in [2.24, 2.45) is 0 Å². The zero-order chi connectivity index (χ0) is 19.6. The van der Waals surface area contributed by atoms with Gasteiger partial charge in [-0.15, -0.1) is 0 Å². The van der Waals surface area contributed by atoms with E-state index in [1.54, 1.807) is 19.2 Å². The van der Waals surface area contributed by atoms with Crippen LogP contribution >= 0.6 is 0 Å². The highest BCUT2D eigenvalue weighted by molar-refractivity contribution is 5.89. The Bertz CT molecular complexity index is 802. The predicted octanol–water partition coefficient (Wildman–Crippen LogP) is 3.44. The van der Waals surface area contributed by atoms with Gasteiger partial charge >= 0.3 is 5.97 Å². The molecule has 27 heavy (non-hydrogen) atoms. The molecule has 0 aromatic heterocycles. The monoisotopic (exact) mass is 371 g/mol. The van der Waals surface area contributed by atoms with Gasteiger partial charge in [0, 0.05) is 19.7 Å². The van der Waals surface area contributed by atoms with Gasteiger partial charge in [-0.05, 0) is 48.4 Å². The largest absolute Gasteiger partial charge is 0.494 e. The molecule has 0 aliphatic carbocycles. The van der Waals surface area contributed by atoms with E-state index in [-0.39, 0.29) is 12.5 Å². The molecule has 6 heteroatoms. The number of hydrogen-bond donors (Lipinski definition) is 0. The number of rotatable bonds is 8. The Labute approximate surface area is 158 Å². The molecule has 0 unspecified atom stereocenters. The maximum Gasteiger partial charge on any atom is 0.331 e. The Hall–Kier alpha value is -3.15. The first-order valence-corrected chi connectivity index (χ1v) is 8.54. The van der Waals surface area contributed by atoms with E-state index < -0.39 is 11.8 Å². The van der Waals surface area contributed by atoms with Crippen LogP contribution in [0.5, 0.6) is 5.75 Å². The van der Waals surface area contributed by atoms with Crippen molar-refractivity contribution in [1.82, 2.24) is 4.90 Å². The summed E-state index contributed by atoms with van der Waals surface area (Å²) in [6, 6.07) is 13.2. The summed E-state index contributed by atoms with van der Waals surface area (Å²) in [4.78, 5) is 25.3. The lowest BCUT2D eigenvalue weighted by molar-refractivity contribution is -0.147.